The highest BCUT2D eigenvalue weighted by Gasteiger charge is 2.53. The summed E-state index contributed by atoms with van der Waals surface area (Å²) in [6.45, 7) is 4.90. The Morgan fingerprint density at radius 2 is 1.35 bits per heavy atom. The number of carbonyl (C=O) groups excluding carboxylic acids is 6. The van der Waals surface area contributed by atoms with E-state index in [2.05, 4.69) is 0 Å². The smallest absolute Gasteiger partial charge is 0.343 e. The van der Waals surface area contributed by atoms with Gasteiger partial charge in [0, 0.05) is 39.8 Å². The highest BCUT2D eigenvalue weighted by atomic mass is 16.7. The summed E-state index contributed by atoms with van der Waals surface area (Å²) >= 11 is 0. The fourth-order valence-electron chi connectivity index (χ4n) is 4.23. The molecule has 1 saturated heterocycles. The Morgan fingerprint density at radius 1 is 0.767 bits per heavy atom. The summed E-state index contributed by atoms with van der Waals surface area (Å²) in [7, 11) is 0. The normalized spacial score (nSPS) is 21.1. The van der Waals surface area contributed by atoms with Gasteiger partial charge in [0.05, 0.1) is 5.56 Å². The van der Waals surface area contributed by atoms with Gasteiger partial charge in [0.2, 0.25) is 12.4 Å². The number of phenols is 1. The highest BCUT2D eigenvalue weighted by molar-refractivity contribution is 6.00. The molecule has 1 N–H and O–H groups in total. The van der Waals surface area contributed by atoms with Gasteiger partial charge in [-0.25, -0.2) is 4.79 Å². The van der Waals surface area contributed by atoms with Crippen molar-refractivity contribution in [1.29, 1.82) is 0 Å². The van der Waals surface area contributed by atoms with Crippen LogP contribution in [0.25, 0.3) is 0 Å². The average molecular weight is 603 g/mol. The molecule has 5 atom stereocenters. The molecule has 0 amide bonds. The maximum Gasteiger partial charge on any atom is 0.343 e. The van der Waals surface area contributed by atoms with Crippen molar-refractivity contribution in [2.75, 3.05) is 6.61 Å². The van der Waals surface area contributed by atoms with Gasteiger partial charge in [0.15, 0.2) is 18.0 Å². The van der Waals surface area contributed by atoms with Crippen molar-refractivity contribution in [3.05, 3.63) is 53.6 Å². The fraction of sp³-hybridized carbons (Fsp3) is 0.379. The molecule has 0 saturated carbocycles. The quantitative estimate of drug-likeness (QED) is 0.180. The van der Waals surface area contributed by atoms with Crippen molar-refractivity contribution < 1.29 is 67.0 Å². The molecule has 1 fully saturated rings. The molecule has 3 rings (SSSR count). The number of rotatable bonds is 10. The summed E-state index contributed by atoms with van der Waals surface area (Å²) in [5.41, 5.74) is -0.160. The maximum absolute atomic E-state index is 12.6. The first-order valence-electron chi connectivity index (χ1n) is 12.9. The summed E-state index contributed by atoms with van der Waals surface area (Å²) < 4.78 is 38.3. The Labute approximate surface area is 245 Å². The number of Topliss-reactive ketones (excluding diaryl/α,β-unsaturated/α-hetero) is 1. The van der Waals surface area contributed by atoms with Crippen LogP contribution >= 0.6 is 0 Å². The number of hydrogen-bond donors (Lipinski definition) is 1. The van der Waals surface area contributed by atoms with E-state index in [1.807, 2.05) is 0 Å². The number of aromatic hydroxyl groups is 1. The van der Waals surface area contributed by atoms with Gasteiger partial charge >= 0.3 is 29.8 Å². The number of ether oxygens (including phenoxy) is 7. The van der Waals surface area contributed by atoms with Gasteiger partial charge in [-0.1, -0.05) is 18.2 Å². The molecule has 2 aromatic carbocycles. The summed E-state index contributed by atoms with van der Waals surface area (Å²) in [5, 5.41) is 10.7. The van der Waals surface area contributed by atoms with Crippen molar-refractivity contribution >= 4 is 35.6 Å². The standard InChI is InChI=1S/C29H30O14/c1-14(30)24-21(35)11-20(41-28(36)19-9-7-6-8-10-19)12-22(24)42-29-27(40-18(5)34)26(39-17(4)33)25(38-16(3)32)23(43-29)13-37-15(2)31/h6-12,23,25-27,29,35H,13H2,1-5H3/t23-,25-,26-,27+,29+/m0/s1. The van der Waals surface area contributed by atoms with Crippen molar-refractivity contribution in [3.63, 3.8) is 0 Å². The number of carbonyl (C=O) groups is 6. The van der Waals surface area contributed by atoms with E-state index in [1.54, 1.807) is 18.2 Å². The molecule has 14 heteroatoms. The van der Waals surface area contributed by atoms with Gasteiger partial charge < -0.3 is 38.3 Å². The molecule has 230 valence electrons. The van der Waals surface area contributed by atoms with Crippen molar-refractivity contribution in [3.8, 4) is 17.2 Å². The first-order chi connectivity index (χ1) is 20.3. The zero-order chi connectivity index (χ0) is 31.8. The first-order valence-corrected chi connectivity index (χ1v) is 12.9. The van der Waals surface area contributed by atoms with Crippen LogP contribution in [0.2, 0.25) is 0 Å². The second-order valence-corrected chi connectivity index (χ2v) is 9.31. The molecule has 0 aliphatic carbocycles. The average Bonchev–Trinajstić information content (AvgIpc) is 2.90. The molecule has 2 aromatic rings. The Morgan fingerprint density at radius 3 is 1.91 bits per heavy atom. The monoisotopic (exact) mass is 602 g/mol. The van der Waals surface area contributed by atoms with Crippen LogP contribution in [0, 0.1) is 0 Å². The number of benzene rings is 2. The molecule has 0 aromatic heterocycles. The van der Waals surface area contributed by atoms with Gasteiger partial charge in [-0.05, 0) is 19.1 Å². The van der Waals surface area contributed by atoms with Crippen LogP contribution in [-0.2, 0) is 42.9 Å². The zero-order valence-corrected chi connectivity index (χ0v) is 23.9. The van der Waals surface area contributed by atoms with E-state index in [1.165, 1.54) is 12.1 Å². The summed E-state index contributed by atoms with van der Waals surface area (Å²) in [5.74, 6) is -5.94. The van der Waals surface area contributed by atoms with Gasteiger partial charge in [-0.15, -0.1) is 0 Å². The van der Waals surface area contributed by atoms with E-state index in [-0.39, 0.29) is 22.6 Å². The van der Waals surface area contributed by atoms with E-state index in [4.69, 9.17) is 33.2 Å². The minimum Gasteiger partial charge on any atom is -0.507 e. The molecule has 0 unspecified atom stereocenters. The zero-order valence-electron chi connectivity index (χ0n) is 23.9. The molecule has 1 aliphatic rings. The highest BCUT2D eigenvalue weighted by Crippen LogP contribution is 2.37. The minimum atomic E-state index is -1.71. The summed E-state index contributed by atoms with van der Waals surface area (Å²) in [6.07, 6.45) is -7.64. The van der Waals surface area contributed by atoms with Crippen LogP contribution in [-0.4, -0.2) is 78.0 Å². The van der Waals surface area contributed by atoms with Crippen LogP contribution in [0.1, 0.15) is 55.3 Å². The van der Waals surface area contributed by atoms with Crippen LogP contribution in [0.15, 0.2) is 42.5 Å². The Kier molecular flexibility index (Phi) is 10.8. The lowest BCUT2D eigenvalue weighted by Gasteiger charge is -2.44. The fourth-order valence-corrected chi connectivity index (χ4v) is 4.23. The number of ketones is 1. The maximum atomic E-state index is 12.6. The molecule has 0 spiro atoms. The molecule has 1 heterocycles. The van der Waals surface area contributed by atoms with E-state index in [0.29, 0.717) is 0 Å². The molecule has 43 heavy (non-hydrogen) atoms. The van der Waals surface area contributed by atoms with Gasteiger partial charge in [0.1, 0.15) is 35.5 Å². The largest absolute Gasteiger partial charge is 0.507 e. The molecular formula is C29H30O14. The van der Waals surface area contributed by atoms with Crippen LogP contribution in [0.3, 0.4) is 0 Å². The Balaban J connectivity index is 2.08. The van der Waals surface area contributed by atoms with Crippen LogP contribution in [0.5, 0.6) is 17.2 Å². The lowest BCUT2D eigenvalue weighted by molar-refractivity contribution is -0.288. The minimum absolute atomic E-state index is 0.194. The second-order valence-electron chi connectivity index (χ2n) is 9.31. The van der Waals surface area contributed by atoms with Crippen molar-refractivity contribution in [2.24, 2.45) is 0 Å². The number of phenolic OH excluding ortho intramolecular Hbond substituents is 1. The van der Waals surface area contributed by atoms with E-state index in [9.17, 15) is 33.9 Å². The second kappa shape index (κ2) is 14.3. The predicted octanol–water partition coefficient (Wildman–Crippen LogP) is 2.28. The molecule has 1 aliphatic heterocycles. The lowest BCUT2D eigenvalue weighted by atomic mass is 9.98. The first kappa shape index (κ1) is 32.5. The van der Waals surface area contributed by atoms with Crippen molar-refractivity contribution in [1.82, 2.24) is 0 Å². The third-order valence-corrected chi connectivity index (χ3v) is 5.82. The molecule has 0 bridgehead atoms. The van der Waals surface area contributed by atoms with Crippen molar-refractivity contribution in [2.45, 2.75) is 65.3 Å². The van der Waals surface area contributed by atoms with Gasteiger partial charge in [0.25, 0.3) is 0 Å². The van der Waals surface area contributed by atoms with Gasteiger partial charge in [-0.2, -0.15) is 0 Å². The summed E-state index contributed by atoms with van der Waals surface area (Å²) in [6, 6.07) is 10.1. The van der Waals surface area contributed by atoms with E-state index >= 15 is 0 Å². The summed E-state index contributed by atoms with van der Waals surface area (Å²) in [4.78, 5) is 72.8. The Bertz CT molecular complexity index is 1390. The third kappa shape index (κ3) is 8.75. The Hall–Kier alpha value is -4.98. The number of esters is 5. The molecular weight excluding hydrogens is 572 g/mol. The topological polar surface area (TPSA) is 187 Å². The SMILES string of the molecule is CC(=O)OC[C@@H]1O[C@@H](Oc2cc(OC(=O)c3ccccc3)cc(O)c2C(C)=O)[C@H](OC(C)=O)[C@@H](OC(C)=O)[C@H]1OC(C)=O. The van der Waals surface area contributed by atoms with E-state index < -0.39 is 78.7 Å². The van der Waals surface area contributed by atoms with Crippen LogP contribution < -0.4 is 9.47 Å². The van der Waals surface area contributed by atoms with Gasteiger partial charge in [-0.3, -0.25) is 24.0 Å². The van der Waals surface area contributed by atoms with E-state index in [0.717, 1.165) is 46.8 Å². The number of hydrogen-bond acceptors (Lipinski definition) is 14. The predicted molar refractivity (Wildman–Crippen MR) is 142 cm³/mol. The lowest BCUT2D eigenvalue weighted by Crippen LogP contribution is -2.63. The van der Waals surface area contributed by atoms with Crippen LogP contribution in [0.4, 0.5) is 0 Å². The molecule has 0 radical (unpaired) electrons. The third-order valence-electron chi connectivity index (χ3n) is 5.82. The molecule has 14 nitrogen and oxygen atoms in total.